The average molecular weight is 258 g/mol. The van der Waals surface area contributed by atoms with E-state index in [1.165, 1.54) is 0 Å². The summed E-state index contributed by atoms with van der Waals surface area (Å²) in [4.78, 5) is 11.4. The van der Waals surface area contributed by atoms with Crippen molar-refractivity contribution in [1.29, 1.82) is 0 Å². The largest absolute Gasteiger partial charge is 0.347 e. The number of benzene rings is 1. The van der Waals surface area contributed by atoms with Gasteiger partial charge in [0.05, 0.1) is 5.54 Å². The molecule has 0 heterocycles. The van der Waals surface area contributed by atoms with E-state index in [0.717, 1.165) is 18.4 Å². The molecule has 1 aromatic carbocycles. The zero-order valence-corrected chi connectivity index (χ0v) is 10.5. The third-order valence-electron chi connectivity index (χ3n) is 2.90. The van der Waals surface area contributed by atoms with Gasteiger partial charge in [0.2, 0.25) is 5.91 Å². The second-order valence-corrected chi connectivity index (χ2v) is 4.95. The minimum absolute atomic E-state index is 0.0588. The van der Waals surface area contributed by atoms with E-state index in [1.54, 1.807) is 12.1 Å². The summed E-state index contributed by atoms with van der Waals surface area (Å²) in [7, 11) is 0. The van der Waals surface area contributed by atoms with Gasteiger partial charge in [0, 0.05) is 16.5 Å². The summed E-state index contributed by atoms with van der Waals surface area (Å²) in [5, 5.41) is 4.27. The molecule has 1 aliphatic carbocycles. The predicted octanol–water partition coefficient (Wildman–Crippen LogP) is 3.51. The van der Waals surface area contributed by atoms with Gasteiger partial charge >= 0.3 is 0 Å². The van der Waals surface area contributed by atoms with Crippen LogP contribution in [0.25, 0.3) is 0 Å². The first-order valence-corrected chi connectivity index (χ1v) is 6.09. The lowest BCUT2D eigenvalue weighted by molar-refractivity contribution is -0.121. The third-order valence-corrected chi connectivity index (χ3v) is 3.44. The van der Waals surface area contributed by atoms with Crippen LogP contribution in [0, 0.1) is 0 Å². The highest BCUT2D eigenvalue weighted by atomic mass is 35.5. The van der Waals surface area contributed by atoms with Crippen LogP contribution in [-0.2, 0) is 10.3 Å². The minimum Gasteiger partial charge on any atom is -0.347 e. The third kappa shape index (κ3) is 2.18. The second-order valence-electron chi connectivity index (χ2n) is 4.11. The molecule has 0 radical (unpaired) electrons. The summed E-state index contributed by atoms with van der Waals surface area (Å²) < 4.78 is 0. The number of carbonyl (C=O) groups excluding carboxylic acids is 1. The number of hydrogen-bond donors (Lipinski definition) is 1. The van der Waals surface area contributed by atoms with Crippen LogP contribution in [0.3, 0.4) is 0 Å². The molecule has 0 unspecified atom stereocenters. The molecule has 1 saturated carbocycles. The lowest BCUT2D eigenvalue weighted by Gasteiger charge is -2.19. The van der Waals surface area contributed by atoms with Crippen molar-refractivity contribution in [1.82, 2.24) is 5.32 Å². The fourth-order valence-electron chi connectivity index (χ4n) is 1.82. The topological polar surface area (TPSA) is 29.1 Å². The van der Waals surface area contributed by atoms with Gasteiger partial charge in [-0.15, -0.1) is 0 Å². The molecule has 0 atom stereocenters. The molecule has 0 spiro atoms. The Bertz CT molecular complexity index is 427. The molecule has 0 saturated heterocycles. The predicted molar refractivity (Wildman–Crippen MR) is 65.8 cm³/mol. The summed E-state index contributed by atoms with van der Waals surface area (Å²) >= 11 is 12.0. The van der Waals surface area contributed by atoms with Gasteiger partial charge in [-0.25, -0.2) is 0 Å². The van der Waals surface area contributed by atoms with Crippen LogP contribution < -0.4 is 5.32 Å². The number of nitrogens with one attached hydrogen (secondary N) is 1. The standard InChI is InChI=1S/C12H13Cl2NO/c1-2-11(16)15-12(5-6-12)9-4-3-8(13)7-10(9)14/h3-4,7H,2,5-6H2,1H3,(H,15,16). The van der Waals surface area contributed by atoms with Crippen molar-refractivity contribution in [3.8, 4) is 0 Å². The molecule has 1 aromatic rings. The maximum atomic E-state index is 11.4. The zero-order valence-electron chi connectivity index (χ0n) is 9.02. The smallest absolute Gasteiger partial charge is 0.220 e. The Balaban J connectivity index is 2.26. The molecular weight excluding hydrogens is 245 g/mol. The highest BCUT2D eigenvalue weighted by Gasteiger charge is 2.46. The van der Waals surface area contributed by atoms with E-state index in [2.05, 4.69) is 5.32 Å². The average Bonchev–Trinajstić information content (AvgIpc) is 2.98. The van der Waals surface area contributed by atoms with E-state index in [9.17, 15) is 4.79 Å². The molecule has 2 nitrogen and oxygen atoms in total. The highest BCUT2D eigenvalue weighted by molar-refractivity contribution is 6.35. The molecule has 1 fully saturated rings. The number of rotatable bonds is 3. The Labute approximate surface area is 105 Å². The molecule has 2 rings (SSSR count). The summed E-state index contributed by atoms with van der Waals surface area (Å²) in [6.07, 6.45) is 2.38. The lowest BCUT2D eigenvalue weighted by atomic mass is 10.0. The monoisotopic (exact) mass is 257 g/mol. The maximum Gasteiger partial charge on any atom is 0.220 e. The van der Waals surface area contributed by atoms with Crippen LogP contribution >= 0.6 is 23.2 Å². The summed E-state index contributed by atoms with van der Waals surface area (Å²) in [5.74, 6) is 0.0588. The molecule has 4 heteroatoms. The first-order valence-electron chi connectivity index (χ1n) is 5.34. The quantitative estimate of drug-likeness (QED) is 0.883. The van der Waals surface area contributed by atoms with Gasteiger partial charge in [-0.05, 0) is 30.5 Å². The number of hydrogen-bond acceptors (Lipinski definition) is 1. The Hall–Kier alpha value is -0.730. The van der Waals surface area contributed by atoms with Gasteiger partial charge in [-0.3, -0.25) is 4.79 Å². The molecule has 1 amide bonds. The molecule has 1 aliphatic rings. The summed E-state index contributed by atoms with van der Waals surface area (Å²) in [5.41, 5.74) is 0.731. The SMILES string of the molecule is CCC(=O)NC1(c2ccc(Cl)cc2Cl)CC1. The Morgan fingerprint density at radius 1 is 1.44 bits per heavy atom. The van der Waals surface area contributed by atoms with Crippen molar-refractivity contribution >= 4 is 29.1 Å². The van der Waals surface area contributed by atoms with E-state index in [1.807, 2.05) is 13.0 Å². The molecule has 1 N–H and O–H groups in total. The maximum absolute atomic E-state index is 11.4. The lowest BCUT2D eigenvalue weighted by Crippen LogP contribution is -2.34. The van der Waals surface area contributed by atoms with Crippen molar-refractivity contribution in [2.75, 3.05) is 0 Å². The van der Waals surface area contributed by atoms with E-state index in [-0.39, 0.29) is 11.4 Å². The van der Waals surface area contributed by atoms with Gasteiger partial charge in [0.1, 0.15) is 0 Å². The summed E-state index contributed by atoms with van der Waals surface area (Å²) in [6.45, 7) is 1.84. The van der Waals surface area contributed by atoms with Gasteiger partial charge < -0.3 is 5.32 Å². The van der Waals surface area contributed by atoms with E-state index < -0.39 is 0 Å². The number of amides is 1. The van der Waals surface area contributed by atoms with E-state index >= 15 is 0 Å². The Morgan fingerprint density at radius 3 is 2.62 bits per heavy atom. The Morgan fingerprint density at radius 2 is 2.12 bits per heavy atom. The zero-order chi connectivity index (χ0) is 11.8. The van der Waals surface area contributed by atoms with Gasteiger partial charge in [0.15, 0.2) is 0 Å². The molecule has 86 valence electrons. The molecule has 0 aromatic heterocycles. The van der Waals surface area contributed by atoms with Crippen LogP contribution in [0.2, 0.25) is 10.0 Å². The normalized spacial score (nSPS) is 16.9. The van der Waals surface area contributed by atoms with Crippen molar-refractivity contribution in [2.24, 2.45) is 0 Å². The van der Waals surface area contributed by atoms with Crippen LogP contribution in [0.4, 0.5) is 0 Å². The Kier molecular flexibility index (Phi) is 3.13. The van der Waals surface area contributed by atoms with Gasteiger partial charge in [-0.2, -0.15) is 0 Å². The summed E-state index contributed by atoms with van der Waals surface area (Å²) in [6, 6.07) is 5.42. The van der Waals surface area contributed by atoms with Crippen LogP contribution in [0.5, 0.6) is 0 Å². The second kappa shape index (κ2) is 4.27. The van der Waals surface area contributed by atoms with Crippen LogP contribution in [0.1, 0.15) is 31.7 Å². The molecule has 0 bridgehead atoms. The van der Waals surface area contributed by atoms with Crippen LogP contribution in [0.15, 0.2) is 18.2 Å². The number of carbonyl (C=O) groups is 1. The first-order chi connectivity index (χ1) is 7.57. The first kappa shape index (κ1) is 11.7. The van der Waals surface area contributed by atoms with E-state index in [0.29, 0.717) is 16.5 Å². The van der Waals surface area contributed by atoms with Crippen LogP contribution in [-0.4, -0.2) is 5.91 Å². The van der Waals surface area contributed by atoms with Crippen molar-refractivity contribution in [3.05, 3.63) is 33.8 Å². The number of halogens is 2. The van der Waals surface area contributed by atoms with Crippen molar-refractivity contribution in [2.45, 2.75) is 31.7 Å². The fraction of sp³-hybridized carbons (Fsp3) is 0.417. The molecule has 16 heavy (non-hydrogen) atoms. The van der Waals surface area contributed by atoms with Crippen molar-refractivity contribution in [3.63, 3.8) is 0 Å². The minimum atomic E-state index is -0.241. The van der Waals surface area contributed by atoms with Gasteiger partial charge in [-0.1, -0.05) is 36.2 Å². The molecule has 0 aliphatic heterocycles. The van der Waals surface area contributed by atoms with E-state index in [4.69, 9.17) is 23.2 Å². The van der Waals surface area contributed by atoms with Crippen molar-refractivity contribution < 1.29 is 4.79 Å². The highest BCUT2D eigenvalue weighted by Crippen LogP contribution is 2.48. The molecular formula is C12H13Cl2NO. The fourth-order valence-corrected chi connectivity index (χ4v) is 2.41. The van der Waals surface area contributed by atoms with Gasteiger partial charge in [0.25, 0.3) is 0 Å².